The van der Waals surface area contributed by atoms with Gasteiger partial charge < -0.3 is 15.0 Å². The molecule has 33 heavy (non-hydrogen) atoms. The van der Waals surface area contributed by atoms with Gasteiger partial charge in [-0.3, -0.25) is 14.5 Å². The number of rotatable bonds is 5. The second-order valence-corrected chi connectivity index (χ2v) is 8.44. The number of nitrogens with one attached hydrogen (secondary N) is 1. The molecule has 2 aliphatic rings. The minimum absolute atomic E-state index is 0.270. The van der Waals surface area contributed by atoms with Gasteiger partial charge in [0.15, 0.2) is 0 Å². The first kappa shape index (κ1) is 22.6. The fourth-order valence-electron chi connectivity index (χ4n) is 4.35. The maximum Gasteiger partial charge on any atom is 0.409 e. The van der Waals surface area contributed by atoms with Gasteiger partial charge in [0.25, 0.3) is 11.8 Å². The molecule has 0 atom stereocenters. The van der Waals surface area contributed by atoms with Crippen molar-refractivity contribution >= 4 is 29.2 Å². The molecule has 2 aromatic carbocycles. The van der Waals surface area contributed by atoms with E-state index in [9.17, 15) is 14.4 Å². The highest BCUT2D eigenvalue weighted by atomic mass is 16.6. The molecule has 1 N–H and O–H groups in total. The molecule has 2 aliphatic heterocycles. The Labute approximate surface area is 194 Å². The second kappa shape index (κ2) is 9.48. The van der Waals surface area contributed by atoms with Gasteiger partial charge in [-0.25, -0.2) is 4.79 Å². The second-order valence-electron chi connectivity index (χ2n) is 8.44. The monoisotopic (exact) mass is 447 g/mol. The van der Waals surface area contributed by atoms with Crippen molar-refractivity contribution in [1.29, 1.82) is 0 Å². The first-order valence-corrected chi connectivity index (χ1v) is 11.3. The fraction of sp³-hybridized carbons (Fsp3) is 0.346. The van der Waals surface area contributed by atoms with E-state index in [0.29, 0.717) is 49.4 Å². The minimum Gasteiger partial charge on any atom is -0.450 e. The Morgan fingerprint density at radius 3 is 2.33 bits per heavy atom. The quantitative estimate of drug-likeness (QED) is 0.698. The molecule has 2 aromatic rings. The largest absolute Gasteiger partial charge is 0.450 e. The van der Waals surface area contributed by atoms with Crippen LogP contribution in [0.15, 0.2) is 54.2 Å². The number of hydrogen-bond acceptors (Lipinski definition) is 5. The third-order valence-electron chi connectivity index (χ3n) is 6.31. The van der Waals surface area contributed by atoms with Crippen molar-refractivity contribution in [2.75, 3.05) is 25.0 Å². The molecule has 1 fully saturated rings. The van der Waals surface area contributed by atoms with Gasteiger partial charge in [-0.2, -0.15) is 0 Å². The Kier molecular flexibility index (Phi) is 6.49. The van der Waals surface area contributed by atoms with E-state index in [4.69, 9.17) is 4.74 Å². The highest BCUT2D eigenvalue weighted by Gasteiger charge is 2.44. The number of nitrogens with zero attached hydrogens (tertiary/aromatic N) is 2. The molecule has 1 saturated heterocycles. The molecular weight excluding hydrogens is 418 g/mol. The molecule has 7 nitrogen and oxygen atoms in total. The standard InChI is InChI=1S/C26H29N3O4/c1-4-33-26(32)28-14-12-21(13-15-28)29-24(30)22(19-8-6-5-7-9-19)23(25(29)31)27-20-11-10-17(2)18(3)16-20/h5-11,16,21,27H,4,12-15H2,1-3H3. The van der Waals surface area contributed by atoms with Crippen molar-refractivity contribution in [3.63, 3.8) is 0 Å². The topological polar surface area (TPSA) is 79.0 Å². The summed E-state index contributed by atoms with van der Waals surface area (Å²) in [4.78, 5) is 42.1. The minimum atomic E-state index is -0.352. The summed E-state index contributed by atoms with van der Waals surface area (Å²) < 4.78 is 5.08. The number of likely N-dealkylation sites (tertiary alicyclic amines) is 1. The number of benzene rings is 2. The van der Waals surface area contributed by atoms with E-state index in [1.54, 1.807) is 11.8 Å². The van der Waals surface area contributed by atoms with E-state index in [1.807, 2.05) is 62.4 Å². The van der Waals surface area contributed by atoms with E-state index in [1.165, 1.54) is 4.90 Å². The maximum absolute atomic E-state index is 13.6. The first-order valence-electron chi connectivity index (χ1n) is 11.3. The van der Waals surface area contributed by atoms with Crippen molar-refractivity contribution in [2.45, 2.75) is 39.7 Å². The van der Waals surface area contributed by atoms with Gasteiger partial charge in [0.05, 0.1) is 12.2 Å². The fourth-order valence-corrected chi connectivity index (χ4v) is 4.35. The molecule has 0 aromatic heterocycles. The number of carbonyl (C=O) groups is 3. The van der Waals surface area contributed by atoms with Crippen LogP contribution in [0.3, 0.4) is 0 Å². The summed E-state index contributed by atoms with van der Waals surface area (Å²) in [6, 6.07) is 14.9. The highest BCUT2D eigenvalue weighted by Crippen LogP contribution is 2.34. The Balaban J connectivity index is 1.61. The van der Waals surface area contributed by atoms with Crippen LogP contribution in [0.2, 0.25) is 0 Å². The zero-order chi connectivity index (χ0) is 23.5. The van der Waals surface area contributed by atoms with Crippen LogP contribution < -0.4 is 5.32 Å². The summed E-state index contributed by atoms with van der Waals surface area (Å²) in [5, 5.41) is 3.23. The number of amides is 3. The average Bonchev–Trinajstić information content (AvgIpc) is 3.06. The van der Waals surface area contributed by atoms with Crippen LogP contribution in [0.25, 0.3) is 5.57 Å². The smallest absolute Gasteiger partial charge is 0.409 e. The first-order chi connectivity index (χ1) is 15.9. The van der Waals surface area contributed by atoms with Crippen molar-refractivity contribution in [1.82, 2.24) is 9.80 Å². The van der Waals surface area contributed by atoms with Crippen LogP contribution >= 0.6 is 0 Å². The lowest BCUT2D eigenvalue weighted by atomic mass is 10.0. The van der Waals surface area contributed by atoms with Crippen molar-refractivity contribution < 1.29 is 19.1 Å². The Bertz CT molecular complexity index is 1100. The summed E-state index contributed by atoms with van der Waals surface area (Å²) in [6.45, 7) is 7.02. The molecule has 0 saturated carbocycles. The number of aryl methyl sites for hydroxylation is 2. The predicted molar refractivity (Wildman–Crippen MR) is 126 cm³/mol. The summed E-state index contributed by atoms with van der Waals surface area (Å²) in [5.41, 5.74) is 4.40. The third kappa shape index (κ3) is 4.49. The molecule has 0 aliphatic carbocycles. The van der Waals surface area contributed by atoms with Gasteiger partial charge >= 0.3 is 6.09 Å². The Morgan fingerprint density at radius 1 is 1.00 bits per heavy atom. The van der Waals surface area contributed by atoms with Crippen molar-refractivity contribution in [3.8, 4) is 0 Å². The Morgan fingerprint density at radius 2 is 1.70 bits per heavy atom. The van der Waals surface area contributed by atoms with E-state index in [0.717, 1.165) is 16.8 Å². The van der Waals surface area contributed by atoms with E-state index < -0.39 is 0 Å². The molecule has 2 heterocycles. The van der Waals surface area contributed by atoms with Crippen LogP contribution in [0.1, 0.15) is 36.5 Å². The summed E-state index contributed by atoms with van der Waals surface area (Å²) >= 11 is 0. The van der Waals surface area contributed by atoms with Crippen molar-refractivity contribution in [3.05, 3.63) is 70.9 Å². The van der Waals surface area contributed by atoms with Crippen LogP contribution in [0.5, 0.6) is 0 Å². The van der Waals surface area contributed by atoms with Crippen LogP contribution in [-0.4, -0.2) is 53.4 Å². The van der Waals surface area contributed by atoms with E-state index in [-0.39, 0.29) is 23.9 Å². The zero-order valence-corrected chi connectivity index (χ0v) is 19.3. The van der Waals surface area contributed by atoms with Crippen molar-refractivity contribution in [2.24, 2.45) is 0 Å². The van der Waals surface area contributed by atoms with Gasteiger partial charge in [-0.1, -0.05) is 36.4 Å². The van der Waals surface area contributed by atoms with Gasteiger partial charge in [-0.15, -0.1) is 0 Å². The van der Waals surface area contributed by atoms with Gasteiger partial charge in [-0.05, 0) is 62.4 Å². The maximum atomic E-state index is 13.6. The normalized spacial score (nSPS) is 17.1. The lowest BCUT2D eigenvalue weighted by molar-refractivity contribution is -0.140. The molecule has 7 heteroatoms. The summed E-state index contributed by atoms with van der Waals surface area (Å²) in [7, 11) is 0. The molecule has 0 bridgehead atoms. The van der Waals surface area contributed by atoms with Gasteiger partial charge in [0.1, 0.15) is 5.70 Å². The molecular formula is C26H29N3O4. The van der Waals surface area contributed by atoms with Crippen LogP contribution in [-0.2, 0) is 14.3 Å². The number of anilines is 1. The molecule has 0 unspecified atom stereocenters. The zero-order valence-electron chi connectivity index (χ0n) is 19.3. The number of imide groups is 1. The average molecular weight is 448 g/mol. The van der Waals surface area contributed by atoms with E-state index >= 15 is 0 Å². The van der Waals surface area contributed by atoms with Crippen LogP contribution in [0.4, 0.5) is 10.5 Å². The SMILES string of the molecule is CCOC(=O)N1CCC(N2C(=O)C(Nc3ccc(C)c(C)c3)=C(c3ccccc3)C2=O)CC1. The van der Waals surface area contributed by atoms with E-state index in [2.05, 4.69) is 5.32 Å². The number of carbonyl (C=O) groups excluding carboxylic acids is 3. The molecule has 3 amide bonds. The molecule has 172 valence electrons. The van der Waals surface area contributed by atoms with Gasteiger partial charge in [0.2, 0.25) is 0 Å². The molecule has 4 rings (SSSR count). The van der Waals surface area contributed by atoms with Crippen LogP contribution in [0, 0.1) is 13.8 Å². The number of hydrogen-bond donors (Lipinski definition) is 1. The number of ether oxygens (including phenoxy) is 1. The van der Waals surface area contributed by atoms with Gasteiger partial charge in [0, 0.05) is 24.8 Å². The molecule has 0 radical (unpaired) electrons. The number of piperidine rings is 1. The lowest BCUT2D eigenvalue weighted by Crippen LogP contribution is -2.49. The Hall–Kier alpha value is -3.61. The highest BCUT2D eigenvalue weighted by molar-refractivity contribution is 6.36. The summed E-state index contributed by atoms with van der Waals surface area (Å²) in [6.07, 6.45) is 0.695. The lowest BCUT2D eigenvalue weighted by Gasteiger charge is -2.35. The molecule has 0 spiro atoms. The third-order valence-corrected chi connectivity index (χ3v) is 6.31. The predicted octanol–water partition coefficient (Wildman–Crippen LogP) is 4.12. The summed E-state index contributed by atoms with van der Waals surface area (Å²) in [5.74, 6) is -0.626.